The normalized spacial score (nSPS) is 19.4. The number of ether oxygens (including phenoxy) is 1. The highest BCUT2D eigenvalue weighted by Crippen LogP contribution is 2.42. The van der Waals surface area contributed by atoms with E-state index in [9.17, 15) is 4.79 Å². The monoisotopic (exact) mass is 273 g/mol. The Bertz CT molecular complexity index is 510. The summed E-state index contributed by atoms with van der Waals surface area (Å²) < 4.78 is 5.68. The minimum Gasteiger partial charge on any atom is -0.493 e. The maximum absolute atomic E-state index is 11.5. The number of fused-ring (bicyclic) bond motifs is 3. The summed E-state index contributed by atoms with van der Waals surface area (Å²) in [4.78, 5) is 11.5. The molecule has 0 aromatic heterocycles. The van der Waals surface area contributed by atoms with Gasteiger partial charge in [0.15, 0.2) is 0 Å². The summed E-state index contributed by atoms with van der Waals surface area (Å²) in [7, 11) is 0. The summed E-state index contributed by atoms with van der Waals surface area (Å²) in [6, 6.07) is 4.36. The number of carbonyl (C=O) groups excluding carboxylic acids is 1. The molecule has 1 atom stereocenters. The second-order valence-electron chi connectivity index (χ2n) is 5.84. The van der Waals surface area contributed by atoms with Crippen LogP contribution in [0, 0.1) is 0 Å². The van der Waals surface area contributed by atoms with Gasteiger partial charge in [-0.15, -0.1) is 0 Å². The van der Waals surface area contributed by atoms with Crippen LogP contribution in [0.3, 0.4) is 0 Å². The van der Waals surface area contributed by atoms with Crippen molar-refractivity contribution in [2.45, 2.75) is 51.4 Å². The third kappa shape index (κ3) is 2.54. The van der Waals surface area contributed by atoms with Gasteiger partial charge >= 0.3 is 0 Å². The molecule has 108 valence electrons. The topological polar surface area (TPSA) is 38.3 Å². The van der Waals surface area contributed by atoms with Crippen LogP contribution in [-0.2, 0) is 17.6 Å². The maximum atomic E-state index is 11.5. The molecule has 1 aliphatic carbocycles. The zero-order chi connectivity index (χ0) is 13.9. The first-order valence-electron chi connectivity index (χ1n) is 7.83. The lowest BCUT2D eigenvalue weighted by Crippen LogP contribution is -2.24. The molecule has 3 nitrogen and oxygen atoms in total. The number of carbonyl (C=O) groups is 1. The lowest BCUT2D eigenvalue weighted by atomic mass is 9.92. The van der Waals surface area contributed by atoms with Crippen molar-refractivity contribution in [1.29, 1.82) is 0 Å². The van der Waals surface area contributed by atoms with Crippen LogP contribution in [0.1, 0.15) is 55.2 Å². The quantitative estimate of drug-likeness (QED) is 0.895. The Morgan fingerprint density at radius 1 is 1.40 bits per heavy atom. The minimum atomic E-state index is 0.187. The number of hydrogen-bond acceptors (Lipinski definition) is 2. The molecule has 1 amide bonds. The van der Waals surface area contributed by atoms with Gasteiger partial charge in [0.05, 0.1) is 6.61 Å². The number of benzene rings is 1. The van der Waals surface area contributed by atoms with Gasteiger partial charge in [-0.25, -0.2) is 0 Å². The first-order valence-corrected chi connectivity index (χ1v) is 7.83. The van der Waals surface area contributed by atoms with Gasteiger partial charge in [0.25, 0.3) is 0 Å². The zero-order valence-corrected chi connectivity index (χ0v) is 12.2. The van der Waals surface area contributed by atoms with Gasteiger partial charge in [-0.3, -0.25) is 4.79 Å². The molecule has 0 saturated heterocycles. The van der Waals surface area contributed by atoms with E-state index < -0.39 is 0 Å². The molecule has 2 aliphatic rings. The molecule has 0 unspecified atom stereocenters. The van der Waals surface area contributed by atoms with Crippen molar-refractivity contribution < 1.29 is 9.53 Å². The van der Waals surface area contributed by atoms with Gasteiger partial charge in [0.2, 0.25) is 5.91 Å². The van der Waals surface area contributed by atoms with Crippen molar-refractivity contribution in [2.24, 2.45) is 0 Å². The van der Waals surface area contributed by atoms with Crippen molar-refractivity contribution in [3.8, 4) is 5.75 Å². The summed E-state index contributed by atoms with van der Waals surface area (Å²) in [6.07, 6.45) is 6.06. The minimum absolute atomic E-state index is 0.187. The Kier molecular flexibility index (Phi) is 3.95. The van der Waals surface area contributed by atoms with Crippen LogP contribution in [0.4, 0.5) is 0 Å². The predicted molar refractivity (Wildman–Crippen MR) is 79.2 cm³/mol. The van der Waals surface area contributed by atoms with Crippen LogP contribution in [0.25, 0.3) is 0 Å². The average Bonchev–Trinajstić information content (AvgIpc) is 3.04. The summed E-state index contributed by atoms with van der Waals surface area (Å²) in [5, 5.41) is 3.04. The molecule has 0 fully saturated rings. The maximum Gasteiger partial charge on any atom is 0.219 e. The largest absolute Gasteiger partial charge is 0.493 e. The van der Waals surface area contributed by atoms with E-state index in [1.807, 2.05) is 6.92 Å². The van der Waals surface area contributed by atoms with E-state index in [1.54, 1.807) is 0 Å². The van der Waals surface area contributed by atoms with Crippen LogP contribution in [-0.4, -0.2) is 19.1 Å². The molecule has 0 saturated carbocycles. The molecule has 1 aliphatic heterocycles. The van der Waals surface area contributed by atoms with Gasteiger partial charge in [-0.05, 0) is 48.8 Å². The van der Waals surface area contributed by atoms with E-state index in [0.717, 1.165) is 38.2 Å². The van der Waals surface area contributed by atoms with Gasteiger partial charge in [0, 0.05) is 24.9 Å². The lowest BCUT2D eigenvalue weighted by Gasteiger charge is -2.15. The highest BCUT2D eigenvalue weighted by molar-refractivity contribution is 5.75. The van der Waals surface area contributed by atoms with Gasteiger partial charge in [-0.1, -0.05) is 13.0 Å². The van der Waals surface area contributed by atoms with E-state index in [0.29, 0.717) is 12.3 Å². The second kappa shape index (κ2) is 5.86. The molecule has 1 aromatic carbocycles. The number of nitrogens with one attached hydrogen (secondary N) is 1. The fourth-order valence-electron chi connectivity index (χ4n) is 3.54. The van der Waals surface area contributed by atoms with Crippen molar-refractivity contribution in [1.82, 2.24) is 5.32 Å². The highest BCUT2D eigenvalue weighted by atomic mass is 16.5. The molecule has 1 heterocycles. The van der Waals surface area contributed by atoms with Gasteiger partial charge in [-0.2, -0.15) is 0 Å². The fraction of sp³-hybridized carbons (Fsp3) is 0.588. The first-order chi connectivity index (χ1) is 9.79. The van der Waals surface area contributed by atoms with Crippen LogP contribution >= 0.6 is 0 Å². The molecule has 0 radical (unpaired) electrons. The Balaban J connectivity index is 1.64. The van der Waals surface area contributed by atoms with Crippen molar-refractivity contribution in [3.63, 3.8) is 0 Å². The van der Waals surface area contributed by atoms with Gasteiger partial charge < -0.3 is 10.1 Å². The number of hydrogen-bond donors (Lipinski definition) is 1. The SMILES string of the molecule is CCCC(=O)NCC[C@H]1CCc2ccc3c(c21)CCO3. The summed E-state index contributed by atoms with van der Waals surface area (Å²) >= 11 is 0. The number of aryl methyl sites for hydroxylation is 1. The highest BCUT2D eigenvalue weighted by Gasteiger charge is 2.29. The van der Waals surface area contributed by atoms with Crippen molar-refractivity contribution in [2.75, 3.05) is 13.2 Å². The summed E-state index contributed by atoms with van der Waals surface area (Å²) in [6.45, 7) is 3.66. The van der Waals surface area contributed by atoms with E-state index in [1.165, 1.54) is 29.5 Å². The second-order valence-corrected chi connectivity index (χ2v) is 5.84. The zero-order valence-electron chi connectivity index (χ0n) is 12.2. The van der Waals surface area contributed by atoms with E-state index in [-0.39, 0.29) is 5.91 Å². The lowest BCUT2D eigenvalue weighted by molar-refractivity contribution is -0.121. The Hall–Kier alpha value is -1.51. The smallest absolute Gasteiger partial charge is 0.219 e. The molecule has 3 rings (SSSR count). The molecular formula is C17H23NO2. The van der Waals surface area contributed by atoms with Crippen molar-refractivity contribution >= 4 is 5.91 Å². The van der Waals surface area contributed by atoms with Crippen LogP contribution < -0.4 is 10.1 Å². The third-order valence-electron chi connectivity index (χ3n) is 4.48. The van der Waals surface area contributed by atoms with Crippen LogP contribution in [0.2, 0.25) is 0 Å². The molecule has 1 N–H and O–H groups in total. The Morgan fingerprint density at radius 3 is 3.15 bits per heavy atom. The van der Waals surface area contributed by atoms with E-state index in [2.05, 4.69) is 17.4 Å². The molecule has 0 spiro atoms. The van der Waals surface area contributed by atoms with E-state index >= 15 is 0 Å². The average molecular weight is 273 g/mol. The standard InChI is InChI=1S/C17H23NO2/c1-2-3-16(19)18-10-8-13-5-4-12-6-7-15-14(17(12)13)9-11-20-15/h6-7,13H,2-5,8-11H2,1H3,(H,18,19)/t13-/m1/s1. The molecule has 3 heteroatoms. The first kappa shape index (κ1) is 13.5. The van der Waals surface area contributed by atoms with Gasteiger partial charge in [0.1, 0.15) is 5.75 Å². The van der Waals surface area contributed by atoms with Crippen LogP contribution in [0.5, 0.6) is 5.75 Å². The van der Waals surface area contributed by atoms with E-state index in [4.69, 9.17) is 4.74 Å². The number of amides is 1. The molecule has 20 heavy (non-hydrogen) atoms. The third-order valence-corrected chi connectivity index (χ3v) is 4.48. The fourth-order valence-corrected chi connectivity index (χ4v) is 3.54. The Morgan fingerprint density at radius 2 is 2.30 bits per heavy atom. The summed E-state index contributed by atoms with van der Waals surface area (Å²) in [5.41, 5.74) is 4.47. The molecular weight excluding hydrogens is 250 g/mol. The predicted octanol–water partition coefficient (Wildman–Crippen LogP) is 2.96. The van der Waals surface area contributed by atoms with Crippen LogP contribution in [0.15, 0.2) is 12.1 Å². The molecule has 0 bridgehead atoms. The summed E-state index contributed by atoms with van der Waals surface area (Å²) in [5.74, 6) is 1.88. The number of rotatable bonds is 5. The van der Waals surface area contributed by atoms with Crippen molar-refractivity contribution in [3.05, 3.63) is 28.8 Å². The Labute approximate surface area is 120 Å². The molecule has 1 aromatic rings.